The third kappa shape index (κ3) is 4.06. The van der Waals surface area contributed by atoms with E-state index >= 15 is 0 Å². The first kappa shape index (κ1) is 12.8. The Morgan fingerprint density at radius 2 is 2.12 bits per heavy atom. The van der Waals surface area contributed by atoms with Gasteiger partial charge in [-0.1, -0.05) is 32.0 Å². The maximum Gasteiger partial charge on any atom is 0.163 e. The van der Waals surface area contributed by atoms with Gasteiger partial charge in [-0.3, -0.25) is 0 Å². The van der Waals surface area contributed by atoms with Gasteiger partial charge in [-0.15, -0.1) is 0 Å². The highest BCUT2D eigenvalue weighted by Gasteiger charge is 2.05. The molecule has 0 fully saturated rings. The maximum absolute atomic E-state index is 5.67. The fourth-order valence-corrected chi connectivity index (χ4v) is 1.53. The fourth-order valence-electron chi connectivity index (χ4n) is 1.42. The third-order valence-electron chi connectivity index (χ3n) is 2.20. The average molecular weight is 238 g/mol. The monoisotopic (exact) mass is 238 g/mol. The summed E-state index contributed by atoms with van der Waals surface area (Å²) in [7, 11) is 0. The van der Waals surface area contributed by atoms with Crippen LogP contribution in [-0.4, -0.2) is 18.3 Å². The Bertz CT molecular complexity index is 353. The number of para-hydroxylation sites is 1. The van der Waals surface area contributed by atoms with Crippen LogP contribution in [-0.2, 0) is 0 Å². The van der Waals surface area contributed by atoms with Crippen molar-refractivity contribution in [3.8, 4) is 5.75 Å². The van der Waals surface area contributed by atoms with Crippen LogP contribution in [0.25, 0.3) is 0 Å². The molecule has 1 rings (SSSR count). The maximum atomic E-state index is 5.67. The highest BCUT2D eigenvalue weighted by molar-refractivity contribution is 7.80. The SMILES string of the molecule is CC(C)c1ccccc1OCCNC(N)=S. The van der Waals surface area contributed by atoms with Crippen LogP contribution in [0.3, 0.4) is 0 Å². The predicted octanol–water partition coefficient (Wildman–Crippen LogP) is 2.02. The molecule has 3 nitrogen and oxygen atoms in total. The number of ether oxygens (including phenoxy) is 1. The van der Waals surface area contributed by atoms with Crippen LogP contribution in [0.5, 0.6) is 5.75 Å². The molecule has 0 unspecified atom stereocenters. The van der Waals surface area contributed by atoms with E-state index < -0.39 is 0 Å². The van der Waals surface area contributed by atoms with Gasteiger partial charge >= 0.3 is 0 Å². The van der Waals surface area contributed by atoms with E-state index in [2.05, 4.69) is 25.2 Å². The number of hydrogen-bond donors (Lipinski definition) is 2. The van der Waals surface area contributed by atoms with Gasteiger partial charge in [-0.2, -0.15) is 0 Å². The molecule has 0 radical (unpaired) electrons. The lowest BCUT2D eigenvalue weighted by molar-refractivity contribution is 0.318. The summed E-state index contributed by atoms with van der Waals surface area (Å²) in [6.45, 7) is 5.48. The molecule has 88 valence electrons. The van der Waals surface area contributed by atoms with Gasteiger partial charge in [-0.25, -0.2) is 0 Å². The lowest BCUT2D eigenvalue weighted by Gasteiger charge is -2.13. The molecule has 0 saturated heterocycles. The fraction of sp³-hybridized carbons (Fsp3) is 0.417. The van der Waals surface area contributed by atoms with Crippen molar-refractivity contribution in [2.45, 2.75) is 19.8 Å². The van der Waals surface area contributed by atoms with Gasteiger partial charge in [0, 0.05) is 0 Å². The zero-order chi connectivity index (χ0) is 12.0. The molecule has 0 saturated carbocycles. The summed E-state index contributed by atoms with van der Waals surface area (Å²) in [4.78, 5) is 0. The van der Waals surface area contributed by atoms with Crippen LogP contribution in [0.4, 0.5) is 0 Å². The van der Waals surface area contributed by atoms with Gasteiger partial charge in [0.15, 0.2) is 5.11 Å². The van der Waals surface area contributed by atoms with Gasteiger partial charge in [0.25, 0.3) is 0 Å². The van der Waals surface area contributed by atoms with Crippen LogP contribution < -0.4 is 15.8 Å². The molecule has 3 N–H and O–H groups in total. The summed E-state index contributed by atoms with van der Waals surface area (Å²) < 4.78 is 5.67. The van der Waals surface area contributed by atoms with Crippen molar-refractivity contribution in [3.05, 3.63) is 29.8 Å². The predicted molar refractivity (Wildman–Crippen MR) is 70.8 cm³/mol. The summed E-state index contributed by atoms with van der Waals surface area (Å²) in [5.74, 6) is 1.39. The van der Waals surface area contributed by atoms with E-state index in [9.17, 15) is 0 Å². The molecule has 1 aromatic carbocycles. The molecule has 1 aromatic rings. The summed E-state index contributed by atoms with van der Waals surface area (Å²) in [6.07, 6.45) is 0. The summed E-state index contributed by atoms with van der Waals surface area (Å²) >= 11 is 4.70. The Morgan fingerprint density at radius 1 is 1.44 bits per heavy atom. The average Bonchev–Trinajstić information content (AvgIpc) is 2.24. The normalized spacial score (nSPS) is 10.2. The molecule has 0 bridgehead atoms. The standard InChI is InChI=1S/C12H18N2OS/c1-9(2)10-5-3-4-6-11(10)15-8-7-14-12(13)16/h3-6,9H,7-8H2,1-2H3,(H3,13,14,16). The number of nitrogens with one attached hydrogen (secondary N) is 1. The zero-order valence-corrected chi connectivity index (χ0v) is 10.5. The number of thiocarbonyl (C=S) groups is 1. The second-order valence-corrected chi connectivity index (χ2v) is 4.27. The first-order chi connectivity index (χ1) is 7.61. The lowest BCUT2D eigenvalue weighted by atomic mass is 10.0. The number of rotatable bonds is 5. The molecular formula is C12H18N2OS. The topological polar surface area (TPSA) is 47.3 Å². The Labute approximate surface area is 102 Å². The second kappa shape index (κ2) is 6.33. The quantitative estimate of drug-likeness (QED) is 0.608. The largest absolute Gasteiger partial charge is 0.491 e. The first-order valence-corrected chi connectivity index (χ1v) is 5.77. The van der Waals surface area contributed by atoms with Crippen molar-refractivity contribution in [3.63, 3.8) is 0 Å². The highest BCUT2D eigenvalue weighted by atomic mass is 32.1. The molecule has 0 aromatic heterocycles. The van der Waals surface area contributed by atoms with Crippen molar-refractivity contribution in [1.82, 2.24) is 5.32 Å². The summed E-state index contributed by atoms with van der Waals surface area (Å²) in [6, 6.07) is 8.06. The zero-order valence-electron chi connectivity index (χ0n) is 9.69. The molecule has 0 amide bonds. The van der Waals surface area contributed by atoms with E-state index in [4.69, 9.17) is 22.7 Å². The van der Waals surface area contributed by atoms with Crippen molar-refractivity contribution in [2.75, 3.05) is 13.2 Å². The van der Waals surface area contributed by atoms with Crippen LogP contribution in [0, 0.1) is 0 Å². The van der Waals surface area contributed by atoms with E-state index in [1.165, 1.54) is 5.56 Å². The second-order valence-electron chi connectivity index (χ2n) is 3.83. The van der Waals surface area contributed by atoms with Crippen molar-refractivity contribution < 1.29 is 4.74 Å². The van der Waals surface area contributed by atoms with E-state index in [1.54, 1.807) is 0 Å². The molecule has 0 aliphatic heterocycles. The smallest absolute Gasteiger partial charge is 0.163 e. The van der Waals surface area contributed by atoms with Crippen molar-refractivity contribution in [1.29, 1.82) is 0 Å². The van der Waals surface area contributed by atoms with Crippen LogP contribution in [0.15, 0.2) is 24.3 Å². The van der Waals surface area contributed by atoms with Crippen LogP contribution in [0.2, 0.25) is 0 Å². The molecular weight excluding hydrogens is 220 g/mol. The summed E-state index contributed by atoms with van der Waals surface area (Å²) in [5.41, 5.74) is 6.54. The van der Waals surface area contributed by atoms with E-state index in [-0.39, 0.29) is 0 Å². The molecule has 0 heterocycles. The van der Waals surface area contributed by atoms with Gasteiger partial charge in [0.1, 0.15) is 12.4 Å². The molecule has 0 spiro atoms. The van der Waals surface area contributed by atoms with Gasteiger partial charge in [-0.05, 0) is 29.8 Å². The number of nitrogens with two attached hydrogens (primary N) is 1. The minimum atomic E-state index is 0.306. The Balaban J connectivity index is 2.50. The van der Waals surface area contributed by atoms with Crippen LogP contribution >= 0.6 is 12.2 Å². The highest BCUT2D eigenvalue weighted by Crippen LogP contribution is 2.25. The Kier molecular flexibility index (Phi) is 5.05. The van der Waals surface area contributed by atoms with E-state index in [0.29, 0.717) is 24.2 Å². The minimum Gasteiger partial charge on any atom is -0.491 e. The Hall–Kier alpha value is -1.29. The molecule has 16 heavy (non-hydrogen) atoms. The molecule has 0 aliphatic rings. The van der Waals surface area contributed by atoms with Crippen molar-refractivity contribution in [2.24, 2.45) is 5.73 Å². The van der Waals surface area contributed by atoms with E-state index in [1.807, 2.05) is 18.2 Å². The number of hydrogen-bond acceptors (Lipinski definition) is 2. The van der Waals surface area contributed by atoms with Crippen LogP contribution in [0.1, 0.15) is 25.3 Å². The Morgan fingerprint density at radius 3 is 2.75 bits per heavy atom. The first-order valence-electron chi connectivity index (χ1n) is 5.36. The van der Waals surface area contributed by atoms with E-state index in [0.717, 1.165) is 5.75 Å². The molecule has 4 heteroatoms. The lowest BCUT2D eigenvalue weighted by Crippen LogP contribution is -2.32. The molecule has 0 aliphatic carbocycles. The van der Waals surface area contributed by atoms with Crippen molar-refractivity contribution >= 4 is 17.3 Å². The third-order valence-corrected chi connectivity index (χ3v) is 2.34. The van der Waals surface area contributed by atoms with Gasteiger partial charge in [0.05, 0.1) is 6.54 Å². The minimum absolute atomic E-state index is 0.306. The van der Waals surface area contributed by atoms with Gasteiger partial charge < -0.3 is 15.8 Å². The van der Waals surface area contributed by atoms with Gasteiger partial charge in [0.2, 0.25) is 0 Å². The summed E-state index contributed by atoms with van der Waals surface area (Å²) in [5, 5.41) is 3.15. The molecule has 0 atom stereocenters. The number of benzene rings is 1.